The molecular weight excluding hydrogens is 361 g/mol. The van der Waals surface area contributed by atoms with Crippen molar-refractivity contribution < 1.29 is 14.1 Å². The molecule has 0 spiro atoms. The Labute approximate surface area is 160 Å². The first kappa shape index (κ1) is 17.7. The minimum atomic E-state index is -0.590. The van der Waals surface area contributed by atoms with Crippen LogP contribution in [0.25, 0.3) is 0 Å². The van der Waals surface area contributed by atoms with E-state index in [2.05, 4.69) is 5.32 Å². The molecule has 140 valence electrons. The average molecular weight is 377 g/mol. The topological polar surface area (TPSA) is 75.5 Å². The first-order valence-electron chi connectivity index (χ1n) is 8.68. The number of nitrogens with zero attached hydrogens (tertiary/aromatic N) is 2. The van der Waals surface area contributed by atoms with Gasteiger partial charge in [-0.15, -0.1) is 0 Å². The second kappa shape index (κ2) is 7.11. The maximum atomic E-state index is 13.2. The van der Waals surface area contributed by atoms with Crippen molar-refractivity contribution in [2.45, 2.75) is 12.7 Å². The number of fused-ring (bicyclic) bond motifs is 1. The lowest BCUT2D eigenvalue weighted by Gasteiger charge is -2.38. The Balaban J connectivity index is 1.76. The number of carbonyl (C=O) groups excluding carboxylic acids is 1. The maximum Gasteiger partial charge on any atom is 0.269 e. The van der Waals surface area contributed by atoms with E-state index in [4.69, 9.17) is 0 Å². The zero-order valence-corrected chi connectivity index (χ0v) is 14.7. The van der Waals surface area contributed by atoms with Crippen LogP contribution in [0.3, 0.4) is 0 Å². The molecule has 28 heavy (non-hydrogen) atoms. The molecule has 0 bridgehead atoms. The molecule has 0 unspecified atom stereocenters. The molecule has 1 aliphatic rings. The summed E-state index contributed by atoms with van der Waals surface area (Å²) in [6.45, 7) is 0.230. The highest BCUT2D eigenvalue weighted by molar-refractivity contribution is 6.01. The molecule has 3 aromatic rings. The van der Waals surface area contributed by atoms with E-state index in [1.165, 1.54) is 24.3 Å². The number of non-ortho nitro benzene ring substituents is 1. The number of hydrogen-bond donors (Lipinski definition) is 1. The fraction of sp³-hybridized carbons (Fsp3) is 0.0952. The Hall–Kier alpha value is -3.74. The lowest BCUT2D eigenvalue weighted by atomic mass is 10.0. The molecule has 1 aliphatic heterocycles. The summed E-state index contributed by atoms with van der Waals surface area (Å²) >= 11 is 0. The average Bonchev–Trinajstić information content (AvgIpc) is 2.71. The molecule has 0 saturated heterocycles. The number of rotatable bonds is 4. The summed E-state index contributed by atoms with van der Waals surface area (Å²) in [7, 11) is 0. The number of anilines is 1. The van der Waals surface area contributed by atoms with E-state index in [-0.39, 0.29) is 24.0 Å². The highest BCUT2D eigenvalue weighted by Crippen LogP contribution is 2.35. The predicted molar refractivity (Wildman–Crippen MR) is 102 cm³/mol. The van der Waals surface area contributed by atoms with Crippen LogP contribution in [0.15, 0.2) is 72.8 Å². The smallest absolute Gasteiger partial charge is 0.269 e. The molecule has 4 rings (SSSR count). The number of halogens is 1. The van der Waals surface area contributed by atoms with Crippen molar-refractivity contribution in [3.05, 3.63) is 105 Å². The van der Waals surface area contributed by atoms with Gasteiger partial charge in [-0.1, -0.05) is 36.4 Å². The fourth-order valence-electron chi connectivity index (χ4n) is 3.31. The molecule has 1 heterocycles. The number of nitrogens with one attached hydrogen (secondary N) is 1. The number of carbonyl (C=O) groups is 1. The monoisotopic (exact) mass is 377 g/mol. The van der Waals surface area contributed by atoms with Crippen molar-refractivity contribution in [2.24, 2.45) is 0 Å². The lowest BCUT2D eigenvalue weighted by Crippen LogP contribution is -2.42. The summed E-state index contributed by atoms with van der Waals surface area (Å²) in [5, 5.41) is 14.5. The number of para-hydroxylation sites is 1. The molecular formula is C21H16FN3O3. The van der Waals surface area contributed by atoms with Crippen LogP contribution in [0.2, 0.25) is 0 Å². The summed E-state index contributed by atoms with van der Waals surface area (Å²) in [5.41, 5.74) is 2.49. The van der Waals surface area contributed by atoms with Gasteiger partial charge in [-0.2, -0.15) is 0 Å². The van der Waals surface area contributed by atoms with Crippen molar-refractivity contribution in [1.82, 2.24) is 4.90 Å². The van der Waals surface area contributed by atoms with Crippen LogP contribution >= 0.6 is 0 Å². The van der Waals surface area contributed by atoms with Crippen molar-refractivity contribution >= 4 is 17.3 Å². The van der Waals surface area contributed by atoms with Crippen molar-refractivity contribution in [3.8, 4) is 0 Å². The molecule has 1 amide bonds. The van der Waals surface area contributed by atoms with E-state index in [0.717, 1.165) is 5.56 Å². The maximum absolute atomic E-state index is 13.2. The molecule has 0 aliphatic carbocycles. The Morgan fingerprint density at radius 2 is 1.79 bits per heavy atom. The molecule has 3 aromatic carbocycles. The summed E-state index contributed by atoms with van der Waals surface area (Å²) in [6.07, 6.45) is -0.590. The van der Waals surface area contributed by atoms with Crippen LogP contribution in [0.5, 0.6) is 0 Å². The summed E-state index contributed by atoms with van der Waals surface area (Å²) in [4.78, 5) is 25.5. The molecule has 6 nitrogen and oxygen atoms in total. The third-order valence-electron chi connectivity index (χ3n) is 4.69. The Morgan fingerprint density at radius 1 is 1.04 bits per heavy atom. The second-order valence-electron chi connectivity index (χ2n) is 6.50. The van der Waals surface area contributed by atoms with E-state index >= 15 is 0 Å². The van der Waals surface area contributed by atoms with E-state index < -0.39 is 11.1 Å². The van der Waals surface area contributed by atoms with Crippen LogP contribution in [0, 0.1) is 15.9 Å². The number of amides is 1. The Bertz CT molecular complexity index is 1050. The van der Waals surface area contributed by atoms with E-state index in [0.29, 0.717) is 16.8 Å². The van der Waals surface area contributed by atoms with Gasteiger partial charge in [0.2, 0.25) is 0 Å². The molecule has 7 heteroatoms. The van der Waals surface area contributed by atoms with Crippen LogP contribution in [-0.2, 0) is 6.54 Å². The molecule has 0 radical (unpaired) electrons. The summed E-state index contributed by atoms with van der Waals surface area (Å²) in [6, 6.07) is 19.2. The van der Waals surface area contributed by atoms with Crippen LogP contribution in [-0.4, -0.2) is 15.7 Å². The first-order chi connectivity index (χ1) is 13.5. The number of hydrogen-bond acceptors (Lipinski definition) is 4. The Kier molecular flexibility index (Phi) is 4.49. The normalized spacial score (nSPS) is 15.7. The van der Waals surface area contributed by atoms with Gasteiger partial charge in [0.15, 0.2) is 0 Å². The van der Waals surface area contributed by atoms with Gasteiger partial charge in [-0.3, -0.25) is 14.9 Å². The van der Waals surface area contributed by atoms with Crippen LogP contribution < -0.4 is 5.32 Å². The van der Waals surface area contributed by atoms with Gasteiger partial charge in [0, 0.05) is 29.9 Å². The zero-order chi connectivity index (χ0) is 19.7. The van der Waals surface area contributed by atoms with Gasteiger partial charge in [-0.05, 0) is 29.8 Å². The third-order valence-corrected chi connectivity index (χ3v) is 4.69. The SMILES string of the molecule is O=C1c2ccccc2N[C@H](c2cccc([N+](=O)[O-])c2)N1Cc1ccc(F)cc1. The highest BCUT2D eigenvalue weighted by Gasteiger charge is 2.33. The standard InChI is InChI=1S/C21H16FN3O3/c22-16-10-8-14(9-11-16)13-24-20(15-4-3-5-17(12-15)25(27)28)23-19-7-2-1-6-18(19)21(24)26/h1-12,20,23H,13H2/t20-/m0/s1. The first-order valence-corrected chi connectivity index (χ1v) is 8.68. The molecule has 0 saturated carbocycles. The summed E-state index contributed by atoms with van der Waals surface area (Å²) < 4.78 is 13.2. The lowest BCUT2D eigenvalue weighted by molar-refractivity contribution is -0.384. The highest BCUT2D eigenvalue weighted by atomic mass is 19.1. The summed E-state index contributed by atoms with van der Waals surface area (Å²) in [5.74, 6) is -0.553. The van der Waals surface area contributed by atoms with Crippen molar-refractivity contribution in [3.63, 3.8) is 0 Å². The van der Waals surface area contributed by atoms with E-state index in [9.17, 15) is 19.3 Å². The van der Waals surface area contributed by atoms with Crippen molar-refractivity contribution in [2.75, 3.05) is 5.32 Å². The number of nitro benzene ring substituents is 1. The van der Waals surface area contributed by atoms with Gasteiger partial charge < -0.3 is 10.2 Å². The van der Waals surface area contributed by atoms with E-state index in [1.54, 1.807) is 47.4 Å². The minimum Gasteiger partial charge on any atom is -0.361 e. The van der Waals surface area contributed by atoms with Crippen LogP contribution in [0.4, 0.5) is 15.8 Å². The quantitative estimate of drug-likeness (QED) is 0.536. The van der Waals surface area contributed by atoms with Gasteiger partial charge in [0.1, 0.15) is 12.0 Å². The number of nitro groups is 1. The second-order valence-corrected chi connectivity index (χ2v) is 6.50. The van der Waals surface area contributed by atoms with Gasteiger partial charge in [0.05, 0.1) is 10.5 Å². The molecule has 0 fully saturated rings. The molecule has 1 atom stereocenters. The van der Waals surface area contributed by atoms with Crippen molar-refractivity contribution in [1.29, 1.82) is 0 Å². The number of benzene rings is 3. The predicted octanol–water partition coefficient (Wildman–Crippen LogP) is 4.50. The minimum absolute atomic E-state index is 0.0488. The van der Waals surface area contributed by atoms with Crippen LogP contribution in [0.1, 0.15) is 27.7 Å². The zero-order valence-electron chi connectivity index (χ0n) is 14.7. The van der Waals surface area contributed by atoms with Gasteiger partial charge in [0.25, 0.3) is 11.6 Å². The fourth-order valence-corrected chi connectivity index (χ4v) is 3.31. The Morgan fingerprint density at radius 3 is 2.54 bits per heavy atom. The van der Waals surface area contributed by atoms with Gasteiger partial charge >= 0.3 is 0 Å². The van der Waals surface area contributed by atoms with E-state index in [1.807, 2.05) is 6.07 Å². The molecule has 1 N–H and O–H groups in total. The largest absolute Gasteiger partial charge is 0.361 e. The molecule has 0 aromatic heterocycles. The van der Waals surface area contributed by atoms with Gasteiger partial charge in [-0.25, -0.2) is 4.39 Å². The third kappa shape index (κ3) is 3.29.